The molecule has 2 aromatic heterocycles. The fourth-order valence-corrected chi connectivity index (χ4v) is 6.67. The lowest BCUT2D eigenvalue weighted by molar-refractivity contribution is -0.667. The molecule has 0 aliphatic carbocycles. The van der Waals surface area contributed by atoms with Crippen LogP contribution < -0.4 is 33.0 Å². The quantitative estimate of drug-likeness (QED) is 0.0298. The number of hydrogen-bond donors (Lipinski definition) is 7. The van der Waals surface area contributed by atoms with Crippen LogP contribution >= 0.6 is 34.9 Å². The maximum absolute atomic E-state index is 13.2. The Bertz CT molecular complexity index is 1510. The maximum atomic E-state index is 13.2. The smallest absolute Gasteiger partial charge is 0.352 e. The summed E-state index contributed by atoms with van der Waals surface area (Å²) in [7, 11) is 0. The van der Waals surface area contributed by atoms with E-state index in [0.29, 0.717) is 5.57 Å². The first-order valence-corrected chi connectivity index (χ1v) is 14.3. The molecule has 17 nitrogen and oxygen atoms in total. The predicted octanol–water partition coefficient (Wildman–Crippen LogP) is -1.60. The Hall–Kier alpha value is -4.30. The van der Waals surface area contributed by atoms with Gasteiger partial charge in [0.1, 0.15) is 17.1 Å². The topological polar surface area (TPSA) is 279 Å². The Morgan fingerprint density at radius 1 is 1.32 bits per heavy atom. The molecule has 2 unspecified atom stereocenters. The van der Waals surface area contributed by atoms with Gasteiger partial charge in [0.05, 0.1) is 10.9 Å². The number of nitrogens with zero attached hydrogens (tertiary/aromatic N) is 5. The fraction of sp³-hybridized carbons (Fsp3) is 0.333. The molecule has 0 saturated carbocycles. The summed E-state index contributed by atoms with van der Waals surface area (Å²) in [5.41, 5.74) is 15.3. The van der Waals surface area contributed by atoms with Crippen molar-refractivity contribution in [1.29, 1.82) is 0 Å². The minimum atomic E-state index is -1.77. The molecule has 0 spiro atoms. The van der Waals surface area contributed by atoms with Crippen LogP contribution in [0.5, 0.6) is 0 Å². The molecule has 0 radical (unpaired) electrons. The normalized spacial score (nSPS) is 18.9. The zero-order valence-electron chi connectivity index (χ0n) is 21.4. The first-order valence-electron chi connectivity index (χ1n) is 11.5. The molecule has 0 aromatic carbocycles. The molecule has 2 aliphatic rings. The van der Waals surface area contributed by atoms with Crippen LogP contribution in [0.3, 0.4) is 0 Å². The Morgan fingerprint density at radius 3 is 2.63 bits per heavy atom. The predicted molar refractivity (Wildman–Crippen MR) is 150 cm³/mol. The average molecular weight is 626 g/mol. The van der Waals surface area contributed by atoms with Crippen molar-refractivity contribution < 1.29 is 38.9 Å². The minimum Gasteiger partial charge on any atom is -0.478 e. The number of thioether (sulfide) groups is 2. The van der Waals surface area contributed by atoms with Crippen LogP contribution in [0, 0.1) is 0 Å². The van der Waals surface area contributed by atoms with Crippen molar-refractivity contribution >= 4 is 81.1 Å². The van der Waals surface area contributed by atoms with Crippen LogP contribution in [-0.2, 0) is 24.0 Å². The molecule has 4 rings (SSSR count). The van der Waals surface area contributed by atoms with Crippen molar-refractivity contribution in [2.45, 2.75) is 36.0 Å². The van der Waals surface area contributed by atoms with Gasteiger partial charge in [-0.2, -0.15) is 0 Å². The number of β-lactam (4-membered cyclic amide) rings is 1. The maximum Gasteiger partial charge on any atom is 0.352 e. The van der Waals surface area contributed by atoms with E-state index in [-0.39, 0.29) is 49.7 Å². The number of thiazole rings is 1. The van der Waals surface area contributed by atoms with Gasteiger partial charge in [0.25, 0.3) is 11.8 Å². The number of hydrogen-bond acceptors (Lipinski definition) is 15. The van der Waals surface area contributed by atoms with E-state index in [2.05, 4.69) is 20.4 Å². The third-order valence-corrected chi connectivity index (χ3v) is 8.98. The molecule has 2 atom stereocenters. The highest BCUT2D eigenvalue weighted by Crippen LogP contribution is 2.41. The molecule has 41 heavy (non-hydrogen) atoms. The number of aliphatic carboxylic acids is 2. The number of amides is 2. The van der Waals surface area contributed by atoms with Gasteiger partial charge in [-0.15, -0.1) is 16.4 Å². The number of rotatable bonds is 10. The van der Waals surface area contributed by atoms with Gasteiger partial charge in [0.2, 0.25) is 17.2 Å². The zero-order valence-corrected chi connectivity index (χ0v) is 23.9. The minimum absolute atomic E-state index is 0.115. The number of fused-ring (bicyclic) bond motifs is 1. The SMILES string of the molecule is CC(C)(O/N=C(\C(=O)NC1C(=O)N2C(C(=O)O)=C(CSc3nc(N)cc(N)[n+]3N)CSC12)c1cnc(N)s1)C(=O)O. The lowest BCUT2D eigenvalue weighted by Gasteiger charge is -2.49. The molecule has 20 heteroatoms. The number of nitrogens with one attached hydrogen (secondary N) is 1. The van der Waals surface area contributed by atoms with Crippen molar-refractivity contribution in [3.63, 3.8) is 0 Å². The number of nitrogens with two attached hydrogens (primary N) is 4. The van der Waals surface area contributed by atoms with Crippen LogP contribution in [0.2, 0.25) is 0 Å². The average Bonchev–Trinajstić information content (AvgIpc) is 3.33. The number of anilines is 3. The van der Waals surface area contributed by atoms with E-state index in [1.54, 1.807) is 0 Å². The van der Waals surface area contributed by atoms with Gasteiger partial charge < -0.3 is 37.6 Å². The number of nitrogen functional groups attached to an aromatic ring is 4. The van der Waals surface area contributed by atoms with E-state index in [1.807, 2.05) is 0 Å². The Balaban J connectivity index is 1.53. The van der Waals surface area contributed by atoms with Crippen LogP contribution in [-0.4, -0.2) is 83.1 Å². The van der Waals surface area contributed by atoms with Crippen LogP contribution in [0.15, 0.2) is 33.8 Å². The summed E-state index contributed by atoms with van der Waals surface area (Å²) in [5.74, 6) is 2.34. The van der Waals surface area contributed by atoms with E-state index in [1.165, 1.54) is 37.9 Å². The monoisotopic (exact) mass is 625 g/mol. The largest absolute Gasteiger partial charge is 0.478 e. The molecule has 1 fully saturated rings. The molecular formula is C21H25N10O7S3+. The highest BCUT2D eigenvalue weighted by atomic mass is 32.2. The summed E-state index contributed by atoms with van der Waals surface area (Å²) in [6.45, 7) is 2.48. The summed E-state index contributed by atoms with van der Waals surface area (Å²) in [5, 5.41) is 25.2. The Labute approximate surface area is 243 Å². The van der Waals surface area contributed by atoms with E-state index in [9.17, 15) is 29.4 Å². The van der Waals surface area contributed by atoms with Crippen LogP contribution in [0.4, 0.5) is 16.8 Å². The Morgan fingerprint density at radius 2 is 2.02 bits per heavy atom. The Kier molecular flexibility index (Phi) is 8.17. The van der Waals surface area contributed by atoms with Gasteiger partial charge in [0, 0.05) is 17.7 Å². The number of carboxylic acids is 2. The summed E-state index contributed by atoms with van der Waals surface area (Å²) in [4.78, 5) is 64.3. The lowest BCUT2D eigenvalue weighted by atomic mass is 10.0. The molecule has 2 aliphatic heterocycles. The van der Waals surface area contributed by atoms with E-state index >= 15 is 0 Å². The molecule has 2 aromatic rings. The molecule has 2 amide bonds. The molecule has 11 N–H and O–H groups in total. The fourth-order valence-electron chi connectivity index (χ4n) is 3.58. The van der Waals surface area contributed by atoms with E-state index in [4.69, 9.17) is 27.9 Å². The number of carboxylic acid groups (broad SMARTS) is 2. The molecule has 4 heterocycles. The second kappa shape index (κ2) is 11.3. The zero-order chi connectivity index (χ0) is 30.2. The summed E-state index contributed by atoms with van der Waals surface area (Å²) in [6.07, 6.45) is 1.25. The van der Waals surface area contributed by atoms with Crippen molar-refractivity contribution in [2.75, 3.05) is 34.5 Å². The van der Waals surface area contributed by atoms with Gasteiger partial charge >= 0.3 is 17.1 Å². The number of carbonyl (C=O) groups excluding carboxylic acids is 2. The molecule has 1 saturated heterocycles. The standard InChI is InChI=1S/C21H24N10O7S3/c1-21(2,18(36)37)38-29-11(8-4-26-19(24)41-8)14(32)28-12-15(33)30-13(17(34)35)7(5-39-16(12)30)6-40-20-27-9(22)3-10(23)31(20)25/h3-4,12,16H,5-6,25H2,1-2H3,(H8,22,23,24,26,28,29,32,34,35,36,37)/p+1. The lowest BCUT2D eigenvalue weighted by Crippen LogP contribution is -2.71. The van der Waals surface area contributed by atoms with Crippen molar-refractivity contribution in [1.82, 2.24) is 20.2 Å². The summed E-state index contributed by atoms with van der Waals surface area (Å²) >= 11 is 3.24. The van der Waals surface area contributed by atoms with Gasteiger partial charge in [0.15, 0.2) is 10.8 Å². The summed E-state index contributed by atoms with van der Waals surface area (Å²) in [6, 6.07) is 0.278. The van der Waals surface area contributed by atoms with E-state index < -0.39 is 40.8 Å². The van der Waals surface area contributed by atoms with Gasteiger partial charge in [-0.1, -0.05) is 21.5 Å². The number of carbonyl (C=O) groups is 4. The third kappa shape index (κ3) is 5.93. The molecule has 0 bridgehead atoms. The second-order valence-corrected chi connectivity index (χ2v) is 12.2. The second-order valence-electron chi connectivity index (χ2n) is 9.07. The van der Waals surface area contributed by atoms with E-state index in [0.717, 1.165) is 32.7 Å². The van der Waals surface area contributed by atoms with Crippen molar-refractivity contribution in [3.05, 3.63) is 28.4 Å². The van der Waals surface area contributed by atoms with Crippen LogP contribution in [0.1, 0.15) is 18.7 Å². The summed E-state index contributed by atoms with van der Waals surface area (Å²) < 4.78 is 1.11. The highest BCUT2D eigenvalue weighted by molar-refractivity contribution is 8.01. The molecule has 218 valence electrons. The first kappa shape index (κ1) is 29.7. The van der Waals surface area contributed by atoms with Crippen molar-refractivity contribution in [2.24, 2.45) is 5.16 Å². The highest BCUT2D eigenvalue weighted by Gasteiger charge is 2.54. The number of oxime groups is 1. The third-order valence-electron chi connectivity index (χ3n) is 5.77. The first-order chi connectivity index (χ1) is 19.2. The van der Waals surface area contributed by atoms with Gasteiger partial charge in [-0.05, 0) is 31.2 Å². The van der Waals surface area contributed by atoms with Crippen molar-refractivity contribution in [3.8, 4) is 0 Å². The van der Waals surface area contributed by atoms with Gasteiger partial charge in [-0.3, -0.25) is 20.3 Å². The molecular weight excluding hydrogens is 600 g/mol. The van der Waals surface area contributed by atoms with Gasteiger partial charge in [-0.25, -0.2) is 14.6 Å². The number of aromatic nitrogens is 3. The van der Waals surface area contributed by atoms with Crippen LogP contribution in [0.25, 0.3) is 0 Å².